The number of nitrogens with zero attached hydrogens (tertiary/aromatic N) is 3. The van der Waals surface area contributed by atoms with Gasteiger partial charge in [-0.15, -0.1) is 0 Å². The predicted molar refractivity (Wildman–Crippen MR) is 156 cm³/mol. The number of imidazole rings is 2. The van der Waals surface area contributed by atoms with Crippen molar-refractivity contribution in [3.05, 3.63) is 66.7 Å². The zero-order valence-electron chi connectivity index (χ0n) is 22.3. The molecule has 1 aliphatic rings. The summed E-state index contributed by atoms with van der Waals surface area (Å²) in [6.07, 6.45) is 0.715. The number of benzene rings is 3. The highest BCUT2D eigenvalue weighted by Gasteiger charge is 2.25. The van der Waals surface area contributed by atoms with E-state index in [4.69, 9.17) is 24.7 Å². The lowest BCUT2D eigenvalue weighted by molar-refractivity contribution is 0.174. The van der Waals surface area contributed by atoms with E-state index in [-0.39, 0.29) is 12.7 Å². The molecular weight excluding hydrogens is 570 g/mol. The number of nitrogens with two attached hydrogens (primary N) is 1. The molecule has 2 aromatic heterocycles. The summed E-state index contributed by atoms with van der Waals surface area (Å²) >= 11 is 0. The summed E-state index contributed by atoms with van der Waals surface area (Å²) in [6, 6.07) is 20.9. The Balaban J connectivity index is 0.000000623. The Morgan fingerprint density at radius 3 is 2.24 bits per heavy atom. The van der Waals surface area contributed by atoms with Crippen LogP contribution in [0.5, 0.6) is 11.5 Å². The third kappa shape index (κ3) is 5.75. The molecule has 6 rings (SSSR count). The monoisotopic (exact) mass is 597 g/mol. The first-order valence-corrected chi connectivity index (χ1v) is 15.7. The molecule has 0 saturated heterocycles. The van der Waals surface area contributed by atoms with Crippen LogP contribution in [0.15, 0.2) is 66.7 Å². The molecule has 0 unspecified atom stereocenters. The molecule has 3 aromatic carbocycles. The number of aromatic nitrogens is 4. The number of nitrogen functional groups attached to an aromatic ring is 1. The zero-order valence-corrected chi connectivity index (χ0v) is 23.9. The van der Waals surface area contributed by atoms with Gasteiger partial charge in [0.1, 0.15) is 5.82 Å². The van der Waals surface area contributed by atoms with E-state index in [0.717, 1.165) is 26.4 Å². The average Bonchev–Trinajstić information content (AvgIpc) is 3.63. The number of ether oxygens (including phenoxy) is 2. The molecule has 5 aromatic rings. The van der Waals surface area contributed by atoms with Crippen molar-refractivity contribution in [1.29, 1.82) is 0 Å². The Kier molecular flexibility index (Phi) is 7.23. The molecule has 0 radical (unpaired) electrons. The summed E-state index contributed by atoms with van der Waals surface area (Å²) in [7, 11) is -7.39. The minimum absolute atomic E-state index is 0.0674. The highest BCUT2D eigenvalue weighted by atomic mass is 32.2. The van der Waals surface area contributed by atoms with Gasteiger partial charge in [-0.2, -0.15) is 8.42 Å². The molecule has 0 aliphatic carbocycles. The van der Waals surface area contributed by atoms with E-state index in [9.17, 15) is 16.8 Å². The largest absolute Gasteiger partial charge is 0.454 e. The van der Waals surface area contributed by atoms with Crippen LogP contribution in [0.25, 0.3) is 44.9 Å². The maximum absolute atomic E-state index is 13.0. The Morgan fingerprint density at radius 1 is 0.902 bits per heavy atom. The molecule has 41 heavy (non-hydrogen) atoms. The molecule has 0 saturated carbocycles. The van der Waals surface area contributed by atoms with Gasteiger partial charge in [0, 0.05) is 16.7 Å². The van der Waals surface area contributed by atoms with Crippen LogP contribution in [0.3, 0.4) is 0 Å². The highest BCUT2D eigenvalue weighted by molar-refractivity contribution is 7.90. The molecule has 14 heteroatoms. The van der Waals surface area contributed by atoms with Crippen molar-refractivity contribution in [3.8, 4) is 45.4 Å². The molecule has 1 aliphatic heterocycles. The Bertz CT molecular complexity index is 1960. The Morgan fingerprint density at radius 2 is 1.56 bits per heavy atom. The van der Waals surface area contributed by atoms with E-state index in [1.165, 1.54) is 0 Å². The van der Waals surface area contributed by atoms with Crippen molar-refractivity contribution in [2.45, 2.75) is 19.1 Å². The fourth-order valence-electron chi connectivity index (χ4n) is 4.27. The smallest absolute Gasteiger partial charge is 0.261 e. The van der Waals surface area contributed by atoms with Crippen LogP contribution in [0.4, 0.5) is 5.95 Å². The van der Waals surface area contributed by atoms with E-state index >= 15 is 0 Å². The minimum Gasteiger partial charge on any atom is -0.454 e. The maximum Gasteiger partial charge on any atom is 0.261 e. The van der Waals surface area contributed by atoms with Gasteiger partial charge in [0.2, 0.25) is 22.8 Å². The highest BCUT2D eigenvalue weighted by Crippen LogP contribution is 2.38. The number of nitrogens with one attached hydrogen (secondary N) is 1. The van der Waals surface area contributed by atoms with E-state index in [2.05, 4.69) is 9.97 Å². The van der Waals surface area contributed by atoms with Crippen molar-refractivity contribution in [1.82, 2.24) is 18.9 Å². The molecule has 214 valence electrons. The molecule has 4 N–H and O–H groups in total. The lowest BCUT2D eigenvalue weighted by Gasteiger charge is -2.11. The lowest BCUT2D eigenvalue weighted by Crippen LogP contribution is -2.23. The summed E-state index contributed by atoms with van der Waals surface area (Å²) in [6.45, 7) is 3.42. The first kappa shape index (κ1) is 28.1. The summed E-state index contributed by atoms with van der Waals surface area (Å²) in [5.74, 6) is 1.93. The van der Waals surface area contributed by atoms with Crippen molar-refractivity contribution >= 4 is 37.1 Å². The lowest BCUT2D eigenvalue weighted by atomic mass is 10.0. The Hall–Kier alpha value is -4.40. The molecule has 3 heterocycles. The van der Waals surface area contributed by atoms with Gasteiger partial charge < -0.3 is 20.2 Å². The number of anilines is 1. The van der Waals surface area contributed by atoms with Crippen LogP contribution in [-0.4, -0.2) is 58.6 Å². The molecule has 0 atom stereocenters. The van der Waals surface area contributed by atoms with E-state index in [1.54, 1.807) is 26.0 Å². The van der Waals surface area contributed by atoms with Crippen molar-refractivity contribution in [3.63, 3.8) is 0 Å². The molecule has 0 spiro atoms. The average molecular weight is 598 g/mol. The van der Waals surface area contributed by atoms with Crippen LogP contribution < -0.4 is 15.2 Å². The first-order valence-electron chi connectivity index (χ1n) is 12.3. The summed E-state index contributed by atoms with van der Waals surface area (Å²) in [5, 5.41) is -0.663. The number of rotatable bonds is 5. The summed E-state index contributed by atoms with van der Waals surface area (Å²) < 4.78 is 64.0. The number of fused-ring (bicyclic) bond motifs is 2. The van der Waals surface area contributed by atoms with E-state index < -0.39 is 25.4 Å². The zero-order chi connectivity index (χ0) is 29.5. The fourth-order valence-corrected chi connectivity index (χ4v) is 5.42. The van der Waals surface area contributed by atoms with Gasteiger partial charge in [-0.1, -0.05) is 36.4 Å². The fraction of sp³-hybridized carbons (Fsp3) is 0.185. The van der Waals surface area contributed by atoms with Crippen molar-refractivity contribution < 1.29 is 30.9 Å². The number of hydrogen-bond donors (Lipinski definition) is 3. The third-order valence-corrected chi connectivity index (χ3v) is 8.26. The van der Waals surface area contributed by atoms with Crippen LogP contribution in [-0.2, 0) is 20.1 Å². The van der Waals surface area contributed by atoms with Gasteiger partial charge >= 0.3 is 0 Å². The molecule has 12 nitrogen and oxygen atoms in total. The van der Waals surface area contributed by atoms with Gasteiger partial charge in [-0.05, 0) is 44.2 Å². The van der Waals surface area contributed by atoms with Gasteiger partial charge in [-0.3, -0.25) is 4.55 Å². The second kappa shape index (κ2) is 10.5. The van der Waals surface area contributed by atoms with Gasteiger partial charge in [0.15, 0.2) is 11.5 Å². The molecule has 0 fully saturated rings. The molecule has 0 bridgehead atoms. The molecule has 0 amide bonds. The van der Waals surface area contributed by atoms with Crippen LogP contribution in [0.2, 0.25) is 0 Å². The number of H-pyrrole nitrogens is 1. The maximum atomic E-state index is 13.0. The Labute approximate surface area is 236 Å². The summed E-state index contributed by atoms with van der Waals surface area (Å²) in [4.78, 5) is 12.6. The summed E-state index contributed by atoms with van der Waals surface area (Å²) in [5.41, 5.74) is 10.9. The van der Waals surface area contributed by atoms with Crippen molar-refractivity contribution in [2.75, 3.05) is 18.8 Å². The van der Waals surface area contributed by atoms with Crippen molar-refractivity contribution in [2.24, 2.45) is 0 Å². The molecular formula is C27H27N5O7S2. The van der Waals surface area contributed by atoms with E-state index in [0.29, 0.717) is 40.3 Å². The topological polar surface area (TPSA) is 179 Å². The van der Waals surface area contributed by atoms with Gasteiger partial charge in [0.05, 0.1) is 33.9 Å². The minimum atomic E-state index is -3.72. The first-order chi connectivity index (χ1) is 19.3. The number of aromatic amines is 1. The van der Waals surface area contributed by atoms with Crippen LogP contribution >= 0.6 is 0 Å². The van der Waals surface area contributed by atoms with Gasteiger partial charge in [-0.25, -0.2) is 22.4 Å². The van der Waals surface area contributed by atoms with Gasteiger partial charge in [0.25, 0.3) is 10.1 Å². The third-order valence-electron chi connectivity index (χ3n) is 6.17. The quantitative estimate of drug-likeness (QED) is 0.249. The van der Waals surface area contributed by atoms with Crippen LogP contribution in [0, 0.1) is 0 Å². The predicted octanol–water partition coefficient (Wildman–Crippen LogP) is 4.16. The SMILES string of the molecule is CC(C)S(=O)(=O)n1c(N)nc2ccc(-c3nc(-c4ccc5c(c4)OCO5)[nH]c3-c3ccccc3)cc21.CS(=O)(=O)O. The second-order valence-electron chi connectivity index (χ2n) is 9.51. The standard InChI is InChI=1S/C26H23N5O4S.CH4O3S/c1-15(2)36(32,33)31-20-12-17(8-10-19(20)28-26(31)27)24-23(16-6-4-3-5-7-16)29-25(30-24)18-9-11-21-22(13-18)35-14-34-21;1-5(2,3)4/h3-13,15H,14H2,1-2H3,(H2,27,28)(H,29,30);1H3,(H,2,3,4). The van der Waals surface area contributed by atoms with Crippen LogP contribution in [0.1, 0.15) is 13.8 Å². The normalized spacial score (nSPS) is 12.9. The van der Waals surface area contributed by atoms with E-state index in [1.807, 2.05) is 54.6 Å². The number of hydrogen-bond acceptors (Lipinski definition) is 9. The second-order valence-corrected chi connectivity index (χ2v) is 13.3.